The Morgan fingerprint density at radius 1 is 0.581 bits per heavy atom. The third-order valence-corrected chi connectivity index (χ3v) is 5.43. The first kappa shape index (κ1) is 30.5. The van der Waals surface area contributed by atoms with Crippen LogP contribution in [0.1, 0.15) is 99.3 Å². The first-order chi connectivity index (χ1) is 13.9. The highest BCUT2D eigenvalue weighted by atomic mass is 19.4. The van der Waals surface area contributed by atoms with Gasteiger partial charge in [-0.2, -0.15) is 26.3 Å². The molecule has 188 valence electrons. The second kappa shape index (κ2) is 13.3. The molecule has 31 heavy (non-hydrogen) atoms. The van der Waals surface area contributed by atoms with Crippen molar-refractivity contribution in [2.24, 2.45) is 17.3 Å². The Hall–Kier alpha value is -0.500. The number of hydrogen-bond acceptors (Lipinski definition) is 2. The Morgan fingerprint density at radius 2 is 0.935 bits per heavy atom. The van der Waals surface area contributed by atoms with E-state index >= 15 is 0 Å². The van der Waals surface area contributed by atoms with Crippen LogP contribution in [0.25, 0.3) is 0 Å². The molecule has 0 saturated carbocycles. The lowest BCUT2D eigenvalue weighted by Gasteiger charge is -2.31. The first-order valence-electron chi connectivity index (χ1n) is 11.3. The summed E-state index contributed by atoms with van der Waals surface area (Å²) in [5, 5.41) is 0. The molecular formula is C23H42F6O2. The van der Waals surface area contributed by atoms with Crippen LogP contribution in [0.2, 0.25) is 0 Å². The van der Waals surface area contributed by atoms with Gasteiger partial charge < -0.3 is 9.47 Å². The van der Waals surface area contributed by atoms with Gasteiger partial charge in [0.2, 0.25) is 0 Å². The third kappa shape index (κ3) is 19.9. The molecule has 0 bridgehead atoms. The van der Waals surface area contributed by atoms with Gasteiger partial charge in [0.25, 0.3) is 0 Å². The largest absolute Gasteiger partial charge is 0.411 e. The number of alkyl halides is 6. The SMILES string of the molecule is CC(CCCC(C)CCCC(C)(OCC(F)(F)F)OCC(F)(F)F)CCCC(C)(C)C. The molecule has 0 heterocycles. The summed E-state index contributed by atoms with van der Waals surface area (Å²) in [7, 11) is 0. The lowest BCUT2D eigenvalue weighted by molar-refractivity contribution is -0.305. The quantitative estimate of drug-likeness (QED) is 0.178. The number of hydrogen-bond donors (Lipinski definition) is 0. The molecule has 0 aliphatic carbocycles. The fourth-order valence-corrected chi connectivity index (χ4v) is 3.51. The average molecular weight is 465 g/mol. The monoisotopic (exact) mass is 464 g/mol. The molecule has 0 saturated heterocycles. The van der Waals surface area contributed by atoms with Gasteiger partial charge in [0, 0.05) is 6.42 Å². The van der Waals surface area contributed by atoms with E-state index < -0.39 is 31.4 Å². The van der Waals surface area contributed by atoms with Crippen molar-refractivity contribution in [2.45, 2.75) is 117 Å². The number of ether oxygens (including phenoxy) is 2. The molecule has 2 atom stereocenters. The zero-order valence-corrected chi connectivity index (χ0v) is 20.0. The second-order valence-corrected chi connectivity index (χ2v) is 10.4. The third-order valence-electron chi connectivity index (χ3n) is 5.43. The number of halogens is 6. The highest BCUT2D eigenvalue weighted by molar-refractivity contribution is 4.69. The van der Waals surface area contributed by atoms with Crippen LogP contribution >= 0.6 is 0 Å². The molecule has 2 unspecified atom stereocenters. The van der Waals surface area contributed by atoms with Gasteiger partial charge >= 0.3 is 12.4 Å². The molecule has 0 aliphatic heterocycles. The molecule has 0 aromatic rings. The van der Waals surface area contributed by atoms with E-state index in [1.54, 1.807) is 0 Å². The zero-order chi connectivity index (χ0) is 24.3. The smallest absolute Gasteiger partial charge is 0.341 e. The summed E-state index contributed by atoms with van der Waals surface area (Å²) in [6.45, 7) is 8.93. The Morgan fingerprint density at radius 3 is 1.29 bits per heavy atom. The molecule has 2 nitrogen and oxygen atoms in total. The minimum atomic E-state index is -4.63. The molecule has 0 spiro atoms. The summed E-state index contributed by atoms with van der Waals surface area (Å²) in [5.74, 6) is -0.910. The van der Waals surface area contributed by atoms with E-state index in [9.17, 15) is 26.3 Å². The molecule has 0 fully saturated rings. The van der Waals surface area contributed by atoms with Crippen LogP contribution in [0.15, 0.2) is 0 Å². The van der Waals surface area contributed by atoms with Crippen molar-refractivity contribution in [3.8, 4) is 0 Å². The van der Waals surface area contributed by atoms with E-state index in [1.165, 1.54) is 19.3 Å². The van der Waals surface area contributed by atoms with Gasteiger partial charge in [-0.3, -0.25) is 0 Å². The van der Waals surface area contributed by atoms with E-state index in [1.807, 2.05) is 0 Å². The standard InChI is InChI=1S/C23H42F6O2/c1-18(12-8-14-20(3,4)5)10-7-11-19(2)13-9-15-21(6,30-16-22(24,25)26)31-17-23(27,28)29/h18-19H,7-17H2,1-6H3. The lowest BCUT2D eigenvalue weighted by Crippen LogP contribution is -2.39. The molecule has 0 aromatic carbocycles. The molecule has 0 amide bonds. The van der Waals surface area contributed by atoms with Crippen molar-refractivity contribution < 1.29 is 35.8 Å². The van der Waals surface area contributed by atoms with E-state index in [0.717, 1.165) is 26.2 Å². The molecule has 0 N–H and O–H groups in total. The van der Waals surface area contributed by atoms with Gasteiger partial charge in [-0.05, 0) is 37.0 Å². The summed E-state index contributed by atoms with van der Waals surface area (Å²) in [6, 6.07) is 0. The summed E-state index contributed by atoms with van der Waals surface area (Å²) in [4.78, 5) is 0. The average Bonchev–Trinajstić information content (AvgIpc) is 2.56. The normalized spacial score (nSPS) is 15.9. The van der Waals surface area contributed by atoms with Gasteiger partial charge in [0.05, 0.1) is 0 Å². The zero-order valence-electron chi connectivity index (χ0n) is 20.0. The van der Waals surface area contributed by atoms with Crippen molar-refractivity contribution in [3.05, 3.63) is 0 Å². The predicted octanol–water partition coefficient (Wildman–Crippen LogP) is 8.69. The molecule has 0 radical (unpaired) electrons. The summed E-state index contributed by atoms with van der Waals surface area (Å²) in [6.07, 6.45) is -1.29. The maximum Gasteiger partial charge on any atom is 0.411 e. The molecule has 8 heteroatoms. The Balaban J connectivity index is 4.28. The highest BCUT2D eigenvalue weighted by Crippen LogP contribution is 2.30. The van der Waals surface area contributed by atoms with Crippen LogP contribution in [-0.2, 0) is 9.47 Å². The van der Waals surface area contributed by atoms with Crippen molar-refractivity contribution in [3.63, 3.8) is 0 Å². The van der Waals surface area contributed by atoms with Crippen LogP contribution in [-0.4, -0.2) is 31.4 Å². The van der Waals surface area contributed by atoms with Gasteiger partial charge in [-0.25, -0.2) is 0 Å². The van der Waals surface area contributed by atoms with Gasteiger partial charge in [0.15, 0.2) is 5.79 Å². The van der Waals surface area contributed by atoms with Crippen LogP contribution in [0.4, 0.5) is 26.3 Å². The summed E-state index contributed by atoms with van der Waals surface area (Å²) < 4.78 is 84.1. The molecule has 0 aliphatic rings. The summed E-state index contributed by atoms with van der Waals surface area (Å²) >= 11 is 0. The first-order valence-corrected chi connectivity index (χ1v) is 11.3. The van der Waals surface area contributed by atoms with Crippen LogP contribution in [0.5, 0.6) is 0 Å². The van der Waals surface area contributed by atoms with Crippen LogP contribution in [0.3, 0.4) is 0 Å². The topological polar surface area (TPSA) is 18.5 Å². The Kier molecular flexibility index (Phi) is 13.1. The maximum atomic E-state index is 12.4. The van der Waals surface area contributed by atoms with Crippen molar-refractivity contribution in [1.82, 2.24) is 0 Å². The van der Waals surface area contributed by atoms with E-state index in [2.05, 4.69) is 34.6 Å². The maximum absolute atomic E-state index is 12.4. The minimum absolute atomic E-state index is 0.0211. The lowest BCUT2D eigenvalue weighted by atomic mass is 9.87. The predicted molar refractivity (Wildman–Crippen MR) is 112 cm³/mol. The fraction of sp³-hybridized carbons (Fsp3) is 1.00. The minimum Gasteiger partial charge on any atom is -0.341 e. The van der Waals surface area contributed by atoms with Crippen LogP contribution < -0.4 is 0 Å². The number of rotatable bonds is 15. The van der Waals surface area contributed by atoms with Crippen molar-refractivity contribution in [2.75, 3.05) is 13.2 Å². The second-order valence-electron chi connectivity index (χ2n) is 10.4. The van der Waals surface area contributed by atoms with Crippen LogP contribution in [0, 0.1) is 17.3 Å². The van der Waals surface area contributed by atoms with E-state index in [4.69, 9.17) is 9.47 Å². The van der Waals surface area contributed by atoms with Gasteiger partial charge in [0.1, 0.15) is 13.2 Å². The molecule has 0 aromatic heterocycles. The molecular weight excluding hydrogens is 422 g/mol. The van der Waals surface area contributed by atoms with E-state index in [0.29, 0.717) is 30.1 Å². The van der Waals surface area contributed by atoms with Gasteiger partial charge in [-0.15, -0.1) is 0 Å². The fourth-order valence-electron chi connectivity index (χ4n) is 3.51. The van der Waals surface area contributed by atoms with Crippen molar-refractivity contribution >= 4 is 0 Å². The molecule has 0 rings (SSSR count). The highest BCUT2D eigenvalue weighted by Gasteiger charge is 2.38. The summed E-state index contributed by atoms with van der Waals surface area (Å²) in [5.41, 5.74) is 0.358. The van der Waals surface area contributed by atoms with E-state index in [-0.39, 0.29) is 6.42 Å². The van der Waals surface area contributed by atoms with Gasteiger partial charge in [-0.1, -0.05) is 73.1 Å². The Labute approximate surface area is 184 Å². The van der Waals surface area contributed by atoms with Crippen molar-refractivity contribution in [1.29, 1.82) is 0 Å². The Bertz CT molecular complexity index is 450.